The lowest BCUT2D eigenvalue weighted by Gasteiger charge is -2.04. The first-order valence-corrected chi connectivity index (χ1v) is 9.08. The highest BCUT2D eigenvalue weighted by Crippen LogP contribution is 2.09. The Bertz CT molecular complexity index is 706. The largest absolute Gasteiger partial charge is 0.325 e. The minimum atomic E-state index is -0.249. The van der Waals surface area contributed by atoms with Gasteiger partial charge in [-0.1, -0.05) is 46.3 Å². The number of hydrazone groups is 1. The van der Waals surface area contributed by atoms with Crippen LogP contribution in [0.4, 0.5) is 5.69 Å². The summed E-state index contributed by atoms with van der Waals surface area (Å²) in [5.74, 6) is -0.0169. The van der Waals surface area contributed by atoms with E-state index in [-0.39, 0.29) is 23.3 Å². The fourth-order valence-electron chi connectivity index (χ4n) is 1.71. The molecular weight excluding hydrogens is 390 g/mol. The van der Waals surface area contributed by atoms with Crippen molar-refractivity contribution in [1.29, 1.82) is 0 Å². The second-order valence-corrected chi connectivity index (χ2v) is 6.65. The van der Waals surface area contributed by atoms with Crippen LogP contribution < -0.4 is 10.7 Å². The zero-order valence-electron chi connectivity index (χ0n) is 12.7. The summed E-state index contributed by atoms with van der Waals surface area (Å²) in [4.78, 5) is 23.4. The summed E-state index contributed by atoms with van der Waals surface area (Å²) in [5, 5.41) is 6.64. The maximum absolute atomic E-state index is 11.7. The van der Waals surface area contributed by atoms with E-state index < -0.39 is 0 Å². The Labute approximate surface area is 153 Å². The Morgan fingerprint density at radius 2 is 1.67 bits per heavy atom. The molecule has 0 atom stereocenters. The topological polar surface area (TPSA) is 70.6 Å². The van der Waals surface area contributed by atoms with Gasteiger partial charge < -0.3 is 5.32 Å². The molecule has 0 aliphatic rings. The van der Waals surface area contributed by atoms with Gasteiger partial charge in [-0.15, -0.1) is 11.8 Å². The van der Waals surface area contributed by atoms with E-state index in [1.54, 1.807) is 6.21 Å². The molecule has 2 aromatic carbocycles. The smallest absolute Gasteiger partial charge is 0.250 e. The predicted molar refractivity (Wildman–Crippen MR) is 102 cm³/mol. The molecule has 0 aliphatic carbocycles. The summed E-state index contributed by atoms with van der Waals surface area (Å²) in [7, 11) is 0. The average Bonchev–Trinajstić information content (AvgIpc) is 2.57. The third-order valence-corrected chi connectivity index (χ3v) is 4.26. The van der Waals surface area contributed by atoms with E-state index in [9.17, 15) is 9.59 Å². The molecule has 0 saturated carbocycles. The minimum Gasteiger partial charge on any atom is -0.325 e. The number of para-hydroxylation sites is 1. The molecule has 0 unspecified atom stereocenters. The quantitative estimate of drug-likeness (QED) is 0.548. The van der Waals surface area contributed by atoms with Crippen LogP contribution >= 0.6 is 27.7 Å². The number of nitrogens with one attached hydrogen (secondary N) is 2. The van der Waals surface area contributed by atoms with E-state index in [1.165, 1.54) is 11.8 Å². The molecule has 0 heterocycles. The summed E-state index contributed by atoms with van der Waals surface area (Å²) in [6, 6.07) is 16.7. The van der Waals surface area contributed by atoms with Crippen molar-refractivity contribution in [3.63, 3.8) is 0 Å². The van der Waals surface area contributed by atoms with Gasteiger partial charge in [0.25, 0.3) is 0 Å². The standard InChI is InChI=1S/C17H16BrN3O2S/c18-14-8-6-13(7-9-14)10-19-21-17(23)12-24-11-16(22)20-15-4-2-1-3-5-15/h1-10H,11-12H2,(H,20,22)(H,21,23). The molecule has 2 rings (SSSR count). The van der Waals surface area contributed by atoms with Gasteiger partial charge in [-0.25, -0.2) is 5.43 Å². The second-order valence-electron chi connectivity index (χ2n) is 4.75. The van der Waals surface area contributed by atoms with Gasteiger partial charge in [-0.3, -0.25) is 9.59 Å². The number of carbonyl (C=O) groups excluding carboxylic acids is 2. The number of rotatable bonds is 7. The number of halogens is 1. The first-order valence-electron chi connectivity index (χ1n) is 7.13. The zero-order valence-corrected chi connectivity index (χ0v) is 15.1. The number of thioether (sulfide) groups is 1. The Kier molecular flexibility index (Phi) is 7.51. The molecule has 24 heavy (non-hydrogen) atoms. The van der Waals surface area contributed by atoms with Crippen LogP contribution in [-0.4, -0.2) is 29.5 Å². The molecule has 0 spiro atoms. The molecule has 0 bridgehead atoms. The number of nitrogens with zero attached hydrogens (tertiary/aromatic N) is 1. The van der Waals surface area contributed by atoms with Crippen LogP contribution in [0.5, 0.6) is 0 Å². The van der Waals surface area contributed by atoms with Crippen LogP contribution in [0.1, 0.15) is 5.56 Å². The second kappa shape index (κ2) is 9.89. The van der Waals surface area contributed by atoms with Crippen LogP contribution in [0, 0.1) is 0 Å². The van der Waals surface area contributed by atoms with Crippen LogP contribution in [0.15, 0.2) is 64.2 Å². The lowest BCUT2D eigenvalue weighted by Crippen LogP contribution is -2.21. The highest BCUT2D eigenvalue weighted by atomic mass is 79.9. The Morgan fingerprint density at radius 3 is 2.38 bits per heavy atom. The number of hydrogen-bond donors (Lipinski definition) is 2. The monoisotopic (exact) mass is 405 g/mol. The molecule has 2 aromatic rings. The van der Waals surface area contributed by atoms with Gasteiger partial charge in [0, 0.05) is 10.2 Å². The van der Waals surface area contributed by atoms with E-state index in [0.717, 1.165) is 15.7 Å². The molecule has 5 nitrogen and oxygen atoms in total. The minimum absolute atomic E-state index is 0.141. The Morgan fingerprint density at radius 1 is 1.00 bits per heavy atom. The number of carbonyl (C=O) groups is 2. The van der Waals surface area contributed by atoms with Crippen LogP contribution in [0.2, 0.25) is 0 Å². The lowest BCUT2D eigenvalue weighted by atomic mass is 10.2. The molecule has 0 aliphatic heterocycles. The fraction of sp³-hybridized carbons (Fsp3) is 0.118. The normalized spacial score (nSPS) is 10.5. The SMILES string of the molecule is O=C(CSCC(=O)Nc1ccccc1)NN=Cc1ccc(Br)cc1. The maximum Gasteiger partial charge on any atom is 0.250 e. The van der Waals surface area contributed by atoms with Gasteiger partial charge in [0.2, 0.25) is 11.8 Å². The molecule has 2 amide bonds. The molecule has 0 radical (unpaired) electrons. The summed E-state index contributed by atoms with van der Waals surface area (Å²) in [6.45, 7) is 0. The highest BCUT2D eigenvalue weighted by molar-refractivity contribution is 9.10. The third kappa shape index (κ3) is 6.97. The van der Waals surface area contributed by atoms with Gasteiger partial charge in [0.05, 0.1) is 17.7 Å². The van der Waals surface area contributed by atoms with Crippen molar-refractivity contribution in [3.05, 3.63) is 64.6 Å². The van der Waals surface area contributed by atoms with Gasteiger partial charge in [0.1, 0.15) is 0 Å². The first kappa shape index (κ1) is 18.2. The van der Waals surface area contributed by atoms with Crippen molar-refractivity contribution in [3.8, 4) is 0 Å². The number of anilines is 1. The zero-order chi connectivity index (χ0) is 17.2. The molecule has 124 valence electrons. The molecule has 0 fully saturated rings. The summed E-state index contributed by atoms with van der Waals surface area (Å²) >= 11 is 4.58. The summed E-state index contributed by atoms with van der Waals surface area (Å²) in [6.07, 6.45) is 1.57. The third-order valence-electron chi connectivity index (χ3n) is 2.80. The van der Waals surface area contributed by atoms with Crippen LogP contribution in [0.25, 0.3) is 0 Å². The number of amides is 2. The van der Waals surface area contributed by atoms with Crippen molar-refractivity contribution in [1.82, 2.24) is 5.43 Å². The van der Waals surface area contributed by atoms with E-state index in [0.29, 0.717) is 0 Å². The molecule has 7 heteroatoms. The fourth-order valence-corrected chi connectivity index (χ4v) is 2.59. The highest BCUT2D eigenvalue weighted by Gasteiger charge is 2.05. The maximum atomic E-state index is 11.7. The van der Waals surface area contributed by atoms with Crippen molar-refractivity contribution >= 4 is 51.4 Å². The van der Waals surface area contributed by atoms with Crippen LogP contribution in [0.3, 0.4) is 0 Å². The number of benzene rings is 2. The number of hydrogen-bond acceptors (Lipinski definition) is 4. The van der Waals surface area contributed by atoms with E-state index >= 15 is 0 Å². The molecule has 0 saturated heterocycles. The van der Waals surface area contributed by atoms with Crippen molar-refractivity contribution in [2.45, 2.75) is 0 Å². The Hall–Kier alpha value is -2.12. The van der Waals surface area contributed by atoms with Gasteiger partial charge in [-0.05, 0) is 29.8 Å². The van der Waals surface area contributed by atoms with Crippen molar-refractivity contribution < 1.29 is 9.59 Å². The van der Waals surface area contributed by atoms with Gasteiger partial charge >= 0.3 is 0 Å². The first-order chi connectivity index (χ1) is 11.6. The molecule has 0 aromatic heterocycles. The van der Waals surface area contributed by atoms with E-state index in [1.807, 2.05) is 54.6 Å². The summed E-state index contributed by atoms with van der Waals surface area (Å²) in [5.41, 5.74) is 4.06. The molecular formula is C17H16BrN3O2S. The molecule has 2 N–H and O–H groups in total. The van der Waals surface area contributed by atoms with Crippen molar-refractivity contribution in [2.75, 3.05) is 16.8 Å². The van der Waals surface area contributed by atoms with E-state index in [2.05, 4.69) is 31.8 Å². The summed E-state index contributed by atoms with van der Waals surface area (Å²) < 4.78 is 0.980. The van der Waals surface area contributed by atoms with Crippen LogP contribution in [-0.2, 0) is 9.59 Å². The van der Waals surface area contributed by atoms with Crippen molar-refractivity contribution in [2.24, 2.45) is 5.10 Å². The average molecular weight is 406 g/mol. The Balaban J connectivity index is 1.64. The lowest BCUT2D eigenvalue weighted by molar-refractivity contribution is -0.118. The van der Waals surface area contributed by atoms with E-state index in [4.69, 9.17) is 0 Å². The van der Waals surface area contributed by atoms with Gasteiger partial charge in [-0.2, -0.15) is 5.10 Å². The van der Waals surface area contributed by atoms with Gasteiger partial charge in [0.15, 0.2) is 0 Å². The predicted octanol–water partition coefficient (Wildman–Crippen LogP) is 3.27.